The number of aromatic nitrogens is 2. The number of fused-ring (bicyclic) bond motifs is 1. The van der Waals surface area contributed by atoms with Gasteiger partial charge in [-0.05, 0) is 56.0 Å². The molecule has 6 nitrogen and oxygen atoms in total. The van der Waals surface area contributed by atoms with E-state index in [1.165, 1.54) is 0 Å². The molecule has 3 aromatic rings. The zero-order valence-corrected chi connectivity index (χ0v) is 15.9. The smallest absolute Gasteiger partial charge is 0.227 e. The van der Waals surface area contributed by atoms with Crippen LogP contribution in [0.3, 0.4) is 0 Å². The van der Waals surface area contributed by atoms with Crippen LogP contribution in [0.2, 0.25) is 0 Å². The number of rotatable bonds is 7. The topological polar surface area (TPSA) is 86.9 Å². The molecular formula is C22H24N4O2. The maximum Gasteiger partial charge on any atom is 0.227 e. The fourth-order valence-corrected chi connectivity index (χ4v) is 3.18. The van der Waals surface area contributed by atoms with Gasteiger partial charge >= 0.3 is 0 Å². The Kier molecular flexibility index (Phi) is 5.10. The van der Waals surface area contributed by atoms with Crippen LogP contribution in [-0.2, 0) is 16.0 Å². The van der Waals surface area contributed by atoms with Gasteiger partial charge in [0, 0.05) is 30.1 Å². The zero-order chi connectivity index (χ0) is 19.5. The van der Waals surface area contributed by atoms with Gasteiger partial charge in [0.05, 0.1) is 11.0 Å². The van der Waals surface area contributed by atoms with Crippen LogP contribution in [0.25, 0.3) is 11.0 Å². The Bertz CT molecular complexity index is 987. The largest absolute Gasteiger partial charge is 0.342 e. The Balaban J connectivity index is 1.30. The summed E-state index contributed by atoms with van der Waals surface area (Å²) in [6, 6.07) is 13.5. The average molecular weight is 376 g/mol. The summed E-state index contributed by atoms with van der Waals surface area (Å²) in [4.78, 5) is 32.1. The molecule has 3 N–H and O–H groups in total. The van der Waals surface area contributed by atoms with Crippen LogP contribution in [0.1, 0.15) is 37.1 Å². The third-order valence-electron chi connectivity index (χ3n) is 4.98. The second-order valence-electron chi connectivity index (χ2n) is 7.40. The van der Waals surface area contributed by atoms with E-state index in [4.69, 9.17) is 0 Å². The molecule has 1 aromatic heterocycles. The number of hydrogen-bond donors (Lipinski definition) is 3. The number of benzene rings is 2. The summed E-state index contributed by atoms with van der Waals surface area (Å²) in [6.45, 7) is 1.94. The molecule has 28 heavy (non-hydrogen) atoms. The fourth-order valence-electron chi connectivity index (χ4n) is 3.18. The first-order valence-corrected chi connectivity index (χ1v) is 9.73. The molecule has 4 rings (SSSR count). The fraction of sp³-hybridized carbons (Fsp3) is 0.318. The Morgan fingerprint density at radius 1 is 1.14 bits per heavy atom. The quantitative estimate of drug-likeness (QED) is 0.578. The predicted molar refractivity (Wildman–Crippen MR) is 110 cm³/mol. The van der Waals surface area contributed by atoms with Gasteiger partial charge in [0.1, 0.15) is 5.82 Å². The summed E-state index contributed by atoms with van der Waals surface area (Å²) in [5.74, 6) is 1.07. The van der Waals surface area contributed by atoms with Gasteiger partial charge < -0.3 is 15.6 Å². The van der Waals surface area contributed by atoms with Gasteiger partial charge in [-0.25, -0.2) is 4.98 Å². The molecule has 1 fully saturated rings. The van der Waals surface area contributed by atoms with Crippen LogP contribution in [0.15, 0.2) is 42.5 Å². The molecule has 0 aliphatic heterocycles. The second kappa shape index (κ2) is 7.84. The summed E-state index contributed by atoms with van der Waals surface area (Å²) >= 11 is 0. The van der Waals surface area contributed by atoms with Crippen molar-refractivity contribution in [2.75, 3.05) is 10.6 Å². The van der Waals surface area contributed by atoms with Gasteiger partial charge in [-0.1, -0.05) is 18.2 Å². The lowest BCUT2D eigenvalue weighted by molar-refractivity contribution is -0.117. The lowest BCUT2D eigenvalue weighted by Gasteiger charge is -2.11. The van der Waals surface area contributed by atoms with Crippen LogP contribution in [0, 0.1) is 12.8 Å². The van der Waals surface area contributed by atoms with E-state index in [-0.39, 0.29) is 17.7 Å². The average Bonchev–Trinajstić information content (AvgIpc) is 3.44. The number of H-pyrrole nitrogens is 1. The van der Waals surface area contributed by atoms with Crippen LogP contribution in [0.5, 0.6) is 0 Å². The van der Waals surface area contributed by atoms with Crippen LogP contribution >= 0.6 is 0 Å². The van der Waals surface area contributed by atoms with E-state index in [2.05, 4.69) is 20.6 Å². The van der Waals surface area contributed by atoms with E-state index < -0.39 is 0 Å². The molecule has 144 valence electrons. The number of para-hydroxylation sites is 2. The second-order valence-corrected chi connectivity index (χ2v) is 7.40. The van der Waals surface area contributed by atoms with Crippen LogP contribution in [-0.4, -0.2) is 21.8 Å². The number of hydrogen-bond acceptors (Lipinski definition) is 3. The van der Waals surface area contributed by atoms with E-state index in [0.717, 1.165) is 53.1 Å². The van der Waals surface area contributed by atoms with E-state index >= 15 is 0 Å². The van der Waals surface area contributed by atoms with Gasteiger partial charge in [-0.15, -0.1) is 0 Å². The summed E-state index contributed by atoms with van der Waals surface area (Å²) in [6.07, 6.45) is 3.77. The Morgan fingerprint density at radius 3 is 2.75 bits per heavy atom. The number of anilines is 2. The highest BCUT2D eigenvalue weighted by molar-refractivity contribution is 5.96. The van der Waals surface area contributed by atoms with E-state index in [1.54, 1.807) is 0 Å². The maximum absolute atomic E-state index is 12.3. The predicted octanol–water partition coefficient (Wildman–Crippen LogP) is 4.18. The molecule has 0 spiro atoms. The molecular weight excluding hydrogens is 352 g/mol. The van der Waals surface area contributed by atoms with Crippen molar-refractivity contribution in [2.24, 2.45) is 5.92 Å². The summed E-state index contributed by atoms with van der Waals surface area (Å²) in [7, 11) is 0. The molecule has 1 aliphatic rings. The van der Waals surface area contributed by atoms with Crippen molar-refractivity contribution in [3.05, 3.63) is 53.9 Å². The lowest BCUT2D eigenvalue weighted by atomic mass is 10.1. The molecule has 0 saturated heterocycles. The Morgan fingerprint density at radius 2 is 1.96 bits per heavy atom. The van der Waals surface area contributed by atoms with Crippen LogP contribution < -0.4 is 10.6 Å². The number of carbonyl (C=O) groups excluding carboxylic acids is 2. The molecule has 2 amide bonds. The number of imidazole rings is 1. The number of carbonyl (C=O) groups is 2. The minimum atomic E-state index is -0.0371. The number of nitrogens with zero attached hydrogens (tertiary/aromatic N) is 1. The van der Waals surface area contributed by atoms with Crippen molar-refractivity contribution in [2.45, 2.75) is 39.0 Å². The van der Waals surface area contributed by atoms with Gasteiger partial charge in [-0.2, -0.15) is 0 Å². The standard InChI is InChI=1S/C22H24N4O2/c1-14-9-12-16(23-22(28)15-10-11-15)13-19(14)26-21(27)8-4-7-20-24-17-5-2-3-6-18(17)25-20/h2-3,5-6,9,12-13,15H,4,7-8,10-11H2,1H3,(H,23,28)(H,24,25)(H,26,27). The van der Waals surface area contributed by atoms with Gasteiger partial charge in [0.25, 0.3) is 0 Å². The lowest BCUT2D eigenvalue weighted by Crippen LogP contribution is -2.15. The zero-order valence-electron chi connectivity index (χ0n) is 15.9. The van der Waals surface area contributed by atoms with E-state index in [0.29, 0.717) is 12.8 Å². The number of aryl methyl sites for hydroxylation is 2. The third-order valence-corrected chi connectivity index (χ3v) is 4.98. The highest BCUT2D eigenvalue weighted by Crippen LogP contribution is 2.30. The van der Waals surface area contributed by atoms with E-state index in [1.807, 2.05) is 49.4 Å². The first-order valence-electron chi connectivity index (χ1n) is 9.73. The van der Waals surface area contributed by atoms with Crippen molar-refractivity contribution in [3.63, 3.8) is 0 Å². The SMILES string of the molecule is Cc1ccc(NC(=O)C2CC2)cc1NC(=O)CCCc1nc2ccccc2[nH]1. The molecule has 1 heterocycles. The van der Waals surface area contributed by atoms with Gasteiger partial charge in [0.2, 0.25) is 11.8 Å². The van der Waals surface area contributed by atoms with Gasteiger partial charge in [0.15, 0.2) is 0 Å². The summed E-state index contributed by atoms with van der Waals surface area (Å²) < 4.78 is 0. The highest BCUT2D eigenvalue weighted by Gasteiger charge is 2.29. The normalized spacial score (nSPS) is 13.5. The van der Waals surface area contributed by atoms with Crippen molar-refractivity contribution in [3.8, 4) is 0 Å². The first kappa shape index (κ1) is 18.2. The molecule has 6 heteroatoms. The molecule has 0 unspecified atom stereocenters. The highest BCUT2D eigenvalue weighted by atomic mass is 16.2. The molecule has 0 bridgehead atoms. The van der Waals surface area contributed by atoms with Crippen molar-refractivity contribution >= 4 is 34.2 Å². The molecule has 1 aliphatic carbocycles. The molecule has 1 saturated carbocycles. The first-order chi connectivity index (χ1) is 13.6. The minimum absolute atomic E-state index is 0.0371. The summed E-state index contributed by atoms with van der Waals surface area (Å²) in [5, 5.41) is 5.88. The monoisotopic (exact) mass is 376 g/mol. The van der Waals surface area contributed by atoms with E-state index in [9.17, 15) is 9.59 Å². The maximum atomic E-state index is 12.3. The number of aromatic amines is 1. The molecule has 0 atom stereocenters. The van der Waals surface area contributed by atoms with Crippen molar-refractivity contribution in [1.82, 2.24) is 9.97 Å². The summed E-state index contributed by atoms with van der Waals surface area (Å²) in [5.41, 5.74) is 4.39. The van der Waals surface area contributed by atoms with Crippen molar-refractivity contribution in [1.29, 1.82) is 0 Å². The molecule has 0 radical (unpaired) electrons. The number of amides is 2. The van der Waals surface area contributed by atoms with Crippen LogP contribution in [0.4, 0.5) is 11.4 Å². The van der Waals surface area contributed by atoms with Crippen molar-refractivity contribution < 1.29 is 9.59 Å². The third kappa shape index (κ3) is 4.39. The minimum Gasteiger partial charge on any atom is -0.342 e. The number of nitrogens with one attached hydrogen (secondary N) is 3. The Hall–Kier alpha value is -3.15. The Labute approximate surface area is 163 Å². The van der Waals surface area contributed by atoms with Gasteiger partial charge in [-0.3, -0.25) is 9.59 Å². The molecule has 2 aromatic carbocycles.